The second-order valence-corrected chi connectivity index (χ2v) is 4.98. The Morgan fingerprint density at radius 3 is 2.88 bits per heavy atom. The number of hydrogen-bond acceptors (Lipinski definition) is 7. The van der Waals surface area contributed by atoms with E-state index < -0.39 is 24.4 Å². The van der Waals surface area contributed by atoms with Gasteiger partial charge in [-0.2, -0.15) is 0 Å². The summed E-state index contributed by atoms with van der Waals surface area (Å²) in [4.78, 5) is 4.26. The van der Waals surface area contributed by atoms with Gasteiger partial charge in [-0.05, 0) is 13.0 Å². The fourth-order valence-corrected chi connectivity index (χ4v) is 3.03. The SMILES string of the molecule is CNC1=N[C@@H]2[C@@H](O)[C@H](O)[C@@H](CCN)O[C@@H]2S1. The molecule has 6 nitrogen and oxygen atoms in total. The summed E-state index contributed by atoms with van der Waals surface area (Å²) >= 11 is 1.43. The number of nitrogens with one attached hydrogen (secondary N) is 1. The van der Waals surface area contributed by atoms with Crippen LogP contribution in [0.5, 0.6) is 0 Å². The number of nitrogens with zero attached hydrogens (tertiary/aromatic N) is 1. The zero-order valence-electron chi connectivity index (χ0n) is 9.04. The summed E-state index contributed by atoms with van der Waals surface area (Å²) in [6.07, 6.45) is -1.66. The number of amidine groups is 1. The largest absolute Gasteiger partial charge is 0.388 e. The third-order valence-electron chi connectivity index (χ3n) is 2.83. The van der Waals surface area contributed by atoms with E-state index in [0.717, 1.165) is 5.17 Å². The fourth-order valence-electron chi connectivity index (χ4n) is 1.95. The Morgan fingerprint density at radius 1 is 1.50 bits per heavy atom. The molecule has 5 N–H and O–H groups in total. The van der Waals surface area contributed by atoms with Crippen molar-refractivity contribution < 1.29 is 14.9 Å². The van der Waals surface area contributed by atoms with Crippen LogP contribution in [0.4, 0.5) is 0 Å². The lowest BCUT2D eigenvalue weighted by Crippen LogP contribution is -2.55. The normalized spacial score (nSPS) is 42.8. The lowest BCUT2D eigenvalue weighted by atomic mass is 9.96. The standard InChI is InChI=1S/C9H17N3O3S/c1-11-9-12-5-7(14)6(13)4(2-3-10)15-8(5)16-9/h4-8,13-14H,2-3,10H2,1H3,(H,11,12)/t4-,5-,6-,7-,8-/m1/s1. The maximum Gasteiger partial charge on any atom is 0.159 e. The molecular formula is C9H17N3O3S. The minimum atomic E-state index is -0.912. The lowest BCUT2D eigenvalue weighted by molar-refractivity contribution is -0.153. The molecule has 0 amide bonds. The van der Waals surface area contributed by atoms with Crippen LogP contribution >= 0.6 is 11.8 Å². The number of aliphatic hydroxyl groups is 2. The molecule has 1 fully saturated rings. The van der Waals surface area contributed by atoms with Gasteiger partial charge in [-0.3, -0.25) is 4.99 Å². The molecule has 2 aliphatic rings. The molecule has 92 valence electrons. The van der Waals surface area contributed by atoms with Crippen LogP contribution in [0.2, 0.25) is 0 Å². The van der Waals surface area contributed by atoms with E-state index in [1.165, 1.54) is 11.8 Å². The van der Waals surface area contributed by atoms with E-state index in [1.807, 2.05) is 0 Å². The van der Waals surface area contributed by atoms with Crippen LogP contribution in [0, 0.1) is 0 Å². The van der Waals surface area contributed by atoms with Crippen molar-refractivity contribution in [1.82, 2.24) is 5.32 Å². The van der Waals surface area contributed by atoms with Crippen molar-refractivity contribution in [2.75, 3.05) is 13.6 Å². The molecule has 7 heteroatoms. The van der Waals surface area contributed by atoms with Gasteiger partial charge in [0.2, 0.25) is 0 Å². The molecule has 2 heterocycles. The predicted molar refractivity (Wildman–Crippen MR) is 62.2 cm³/mol. The summed E-state index contributed by atoms with van der Waals surface area (Å²) in [5.41, 5.74) is 5.21. The summed E-state index contributed by atoms with van der Waals surface area (Å²) in [6.45, 7) is 0.427. The van der Waals surface area contributed by atoms with Crippen molar-refractivity contribution >= 4 is 16.9 Å². The quantitative estimate of drug-likeness (QED) is 0.472. The van der Waals surface area contributed by atoms with Crippen LogP contribution in [0.1, 0.15) is 6.42 Å². The van der Waals surface area contributed by atoms with Crippen molar-refractivity contribution in [2.45, 2.75) is 36.2 Å². The number of ether oxygens (including phenoxy) is 1. The van der Waals surface area contributed by atoms with E-state index in [0.29, 0.717) is 13.0 Å². The minimum absolute atomic E-state index is 0.225. The number of nitrogens with two attached hydrogens (primary N) is 1. The topological polar surface area (TPSA) is 100 Å². The molecule has 0 saturated carbocycles. The summed E-state index contributed by atoms with van der Waals surface area (Å²) in [5, 5.41) is 23.4. The van der Waals surface area contributed by atoms with E-state index in [1.54, 1.807) is 7.05 Å². The molecule has 0 unspecified atom stereocenters. The number of fused-ring (bicyclic) bond motifs is 1. The average Bonchev–Trinajstić information content (AvgIpc) is 2.69. The maximum atomic E-state index is 9.94. The van der Waals surface area contributed by atoms with Crippen molar-refractivity contribution in [1.29, 1.82) is 0 Å². The van der Waals surface area contributed by atoms with Gasteiger partial charge in [-0.25, -0.2) is 0 Å². The Kier molecular flexibility index (Phi) is 3.70. The summed E-state index contributed by atoms with van der Waals surface area (Å²) in [7, 11) is 1.77. The predicted octanol–water partition coefficient (Wildman–Crippen LogP) is -1.53. The highest BCUT2D eigenvalue weighted by molar-refractivity contribution is 8.14. The van der Waals surface area contributed by atoms with Crippen molar-refractivity contribution in [2.24, 2.45) is 10.7 Å². The van der Waals surface area contributed by atoms with Gasteiger partial charge in [0, 0.05) is 7.05 Å². The number of thioether (sulfide) groups is 1. The van der Waals surface area contributed by atoms with Crippen molar-refractivity contribution in [3.8, 4) is 0 Å². The Labute approximate surface area is 98.3 Å². The Bertz CT molecular complexity index is 289. The molecule has 1 saturated heterocycles. The first-order valence-corrected chi connectivity index (χ1v) is 6.19. The second-order valence-electron chi connectivity index (χ2n) is 3.89. The monoisotopic (exact) mass is 247 g/mol. The van der Waals surface area contributed by atoms with Crippen molar-refractivity contribution in [3.63, 3.8) is 0 Å². The van der Waals surface area contributed by atoms with Gasteiger partial charge in [0.05, 0.1) is 6.10 Å². The van der Waals surface area contributed by atoms with E-state index in [2.05, 4.69) is 10.3 Å². The molecule has 0 aromatic rings. The Morgan fingerprint density at radius 2 is 2.25 bits per heavy atom. The first-order chi connectivity index (χ1) is 7.67. The number of hydrogen-bond donors (Lipinski definition) is 4. The molecule has 2 aliphatic heterocycles. The highest BCUT2D eigenvalue weighted by Crippen LogP contribution is 2.36. The van der Waals surface area contributed by atoms with Gasteiger partial charge in [-0.1, -0.05) is 11.8 Å². The third-order valence-corrected chi connectivity index (χ3v) is 3.98. The number of aliphatic hydroxyl groups excluding tert-OH is 2. The van der Waals surface area contributed by atoms with Gasteiger partial charge in [-0.15, -0.1) is 0 Å². The van der Waals surface area contributed by atoms with Gasteiger partial charge < -0.3 is 26.0 Å². The zero-order valence-corrected chi connectivity index (χ0v) is 9.85. The molecule has 2 rings (SSSR count). The van der Waals surface area contributed by atoms with Crippen LogP contribution in [0.25, 0.3) is 0 Å². The van der Waals surface area contributed by atoms with E-state index >= 15 is 0 Å². The van der Waals surface area contributed by atoms with Crippen LogP contribution in [-0.2, 0) is 4.74 Å². The van der Waals surface area contributed by atoms with Gasteiger partial charge in [0.1, 0.15) is 23.7 Å². The highest BCUT2D eigenvalue weighted by Gasteiger charge is 2.47. The van der Waals surface area contributed by atoms with E-state index in [4.69, 9.17) is 10.5 Å². The molecule has 16 heavy (non-hydrogen) atoms. The molecule has 0 aromatic carbocycles. The Hall–Kier alpha value is -0.340. The summed E-state index contributed by atoms with van der Waals surface area (Å²) in [5.74, 6) is 0. The van der Waals surface area contributed by atoms with Crippen molar-refractivity contribution in [3.05, 3.63) is 0 Å². The molecule has 0 spiro atoms. The minimum Gasteiger partial charge on any atom is -0.388 e. The summed E-state index contributed by atoms with van der Waals surface area (Å²) < 4.78 is 5.68. The van der Waals surface area contributed by atoms with Gasteiger partial charge in [0.15, 0.2) is 5.17 Å². The van der Waals surface area contributed by atoms with Crippen LogP contribution in [0.15, 0.2) is 4.99 Å². The molecule has 0 bridgehead atoms. The van der Waals surface area contributed by atoms with Gasteiger partial charge >= 0.3 is 0 Å². The average molecular weight is 247 g/mol. The molecule has 0 aromatic heterocycles. The lowest BCUT2D eigenvalue weighted by Gasteiger charge is -2.38. The smallest absolute Gasteiger partial charge is 0.159 e. The number of aliphatic imine (C=N–C) groups is 1. The van der Waals surface area contributed by atoms with Crippen LogP contribution in [0.3, 0.4) is 0 Å². The summed E-state index contributed by atoms with van der Waals surface area (Å²) in [6, 6.07) is -0.392. The van der Waals surface area contributed by atoms with E-state index in [-0.39, 0.29) is 5.44 Å². The van der Waals surface area contributed by atoms with Crippen LogP contribution in [-0.4, -0.2) is 58.8 Å². The zero-order chi connectivity index (χ0) is 11.7. The first-order valence-electron chi connectivity index (χ1n) is 5.31. The van der Waals surface area contributed by atoms with Gasteiger partial charge in [0.25, 0.3) is 0 Å². The first kappa shape index (κ1) is 12.1. The molecule has 0 radical (unpaired) electrons. The van der Waals surface area contributed by atoms with Crippen LogP contribution < -0.4 is 11.1 Å². The van der Waals surface area contributed by atoms with E-state index in [9.17, 15) is 10.2 Å². The Balaban J connectivity index is 2.08. The molecule has 0 aliphatic carbocycles. The highest BCUT2D eigenvalue weighted by atomic mass is 32.2. The third kappa shape index (κ3) is 2.05. The number of rotatable bonds is 2. The second kappa shape index (κ2) is 4.89. The molecular weight excluding hydrogens is 230 g/mol. The molecule has 5 atom stereocenters. The fraction of sp³-hybridized carbons (Fsp3) is 0.889. The maximum absolute atomic E-state index is 9.94.